The van der Waals surface area contributed by atoms with Crippen LogP contribution in [0.3, 0.4) is 0 Å². The van der Waals surface area contributed by atoms with Crippen LogP contribution in [0.15, 0.2) is 16.5 Å². The molecule has 3 heteroatoms. The number of nitrogens with zero attached hydrogens (tertiary/aromatic N) is 1. The van der Waals surface area contributed by atoms with Crippen molar-refractivity contribution in [3.05, 3.63) is 23.7 Å². The summed E-state index contributed by atoms with van der Waals surface area (Å²) in [5.74, 6) is 2.87. The van der Waals surface area contributed by atoms with Gasteiger partial charge in [0.05, 0.1) is 6.54 Å². The first-order valence-corrected chi connectivity index (χ1v) is 7.06. The molecule has 2 N–H and O–H groups in total. The van der Waals surface area contributed by atoms with Crippen LogP contribution in [0.25, 0.3) is 0 Å². The van der Waals surface area contributed by atoms with E-state index in [0.717, 1.165) is 30.5 Å². The van der Waals surface area contributed by atoms with E-state index < -0.39 is 0 Å². The highest BCUT2D eigenvalue weighted by Crippen LogP contribution is 2.39. The van der Waals surface area contributed by atoms with E-state index in [1.165, 1.54) is 25.7 Å². The molecule has 18 heavy (non-hydrogen) atoms. The van der Waals surface area contributed by atoms with Crippen molar-refractivity contribution in [2.75, 3.05) is 13.6 Å². The van der Waals surface area contributed by atoms with E-state index in [-0.39, 0.29) is 5.54 Å². The first kappa shape index (κ1) is 13.6. The van der Waals surface area contributed by atoms with Gasteiger partial charge in [0.15, 0.2) is 0 Å². The zero-order valence-corrected chi connectivity index (χ0v) is 11.9. The second kappa shape index (κ2) is 5.45. The summed E-state index contributed by atoms with van der Waals surface area (Å²) in [5, 5.41) is 0. The number of rotatable bonds is 5. The molecule has 1 aromatic rings. The van der Waals surface area contributed by atoms with Crippen LogP contribution in [-0.4, -0.2) is 24.0 Å². The lowest BCUT2D eigenvalue weighted by Gasteiger charge is -2.38. The third-order valence-corrected chi connectivity index (χ3v) is 4.64. The van der Waals surface area contributed by atoms with Gasteiger partial charge in [0.2, 0.25) is 0 Å². The molecule has 0 saturated heterocycles. The maximum absolute atomic E-state index is 6.07. The van der Waals surface area contributed by atoms with Gasteiger partial charge in [-0.25, -0.2) is 0 Å². The highest BCUT2D eigenvalue weighted by Gasteiger charge is 2.40. The Labute approximate surface area is 110 Å². The predicted molar refractivity (Wildman–Crippen MR) is 74.3 cm³/mol. The van der Waals surface area contributed by atoms with Gasteiger partial charge in [0.1, 0.15) is 11.5 Å². The maximum Gasteiger partial charge on any atom is 0.118 e. The molecule has 1 fully saturated rings. The summed E-state index contributed by atoms with van der Waals surface area (Å²) in [5.41, 5.74) is 6.26. The predicted octanol–water partition coefficient (Wildman–Crippen LogP) is 2.93. The minimum atomic E-state index is 0.182. The van der Waals surface area contributed by atoms with Crippen molar-refractivity contribution in [2.45, 2.75) is 51.6 Å². The van der Waals surface area contributed by atoms with Gasteiger partial charge in [-0.15, -0.1) is 0 Å². The fourth-order valence-corrected chi connectivity index (χ4v) is 3.22. The Kier molecular flexibility index (Phi) is 4.13. The second-order valence-corrected chi connectivity index (χ2v) is 5.81. The van der Waals surface area contributed by atoms with E-state index in [9.17, 15) is 0 Å². The number of nitrogens with two attached hydrogens (primary N) is 1. The molecule has 3 nitrogen and oxygen atoms in total. The van der Waals surface area contributed by atoms with Gasteiger partial charge in [-0.2, -0.15) is 0 Å². The largest absolute Gasteiger partial charge is 0.465 e. The lowest BCUT2D eigenvalue weighted by molar-refractivity contribution is 0.110. The van der Waals surface area contributed by atoms with Crippen LogP contribution in [-0.2, 0) is 6.54 Å². The van der Waals surface area contributed by atoms with Gasteiger partial charge in [-0.3, -0.25) is 4.90 Å². The van der Waals surface area contributed by atoms with Gasteiger partial charge in [0.25, 0.3) is 0 Å². The molecular weight excluding hydrogens is 224 g/mol. The zero-order chi connectivity index (χ0) is 13.2. The van der Waals surface area contributed by atoms with Crippen LogP contribution in [0.4, 0.5) is 0 Å². The van der Waals surface area contributed by atoms with E-state index in [4.69, 9.17) is 10.2 Å². The van der Waals surface area contributed by atoms with E-state index in [1.54, 1.807) is 0 Å². The zero-order valence-electron chi connectivity index (χ0n) is 11.9. The molecule has 1 aliphatic rings. The standard InChI is InChI=1S/C15H26N2O/c1-4-13-7-8-15(9-13,11-16)17(3)10-14-6-5-12(2)18-14/h5-6,13H,4,7-11,16H2,1-3H3. The molecule has 2 unspecified atom stereocenters. The summed E-state index contributed by atoms with van der Waals surface area (Å²) in [6.45, 7) is 5.89. The van der Waals surface area contributed by atoms with Crippen LogP contribution in [0.5, 0.6) is 0 Å². The molecule has 0 bridgehead atoms. The third kappa shape index (κ3) is 2.62. The lowest BCUT2D eigenvalue weighted by Crippen LogP contribution is -2.49. The highest BCUT2D eigenvalue weighted by atomic mass is 16.3. The summed E-state index contributed by atoms with van der Waals surface area (Å²) >= 11 is 0. The summed E-state index contributed by atoms with van der Waals surface area (Å²) in [4.78, 5) is 2.40. The minimum Gasteiger partial charge on any atom is -0.465 e. The van der Waals surface area contributed by atoms with Crippen molar-refractivity contribution in [1.29, 1.82) is 0 Å². The number of hydrogen-bond acceptors (Lipinski definition) is 3. The van der Waals surface area contributed by atoms with Crippen LogP contribution >= 0.6 is 0 Å². The average Bonchev–Trinajstić information content (AvgIpc) is 2.96. The van der Waals surface area contributed by atoms with Crippen molar-refractivity contribution in [1.82, 2.24) is 4.90 Å². The van der Waals surface area contributed by atoms with Crippen LogP contribution in [0.1, 0.15) is 44.1 Å². The number of aryl methyl sites for hydroxylation is 1. The molecule has 102 valence electrons. The van der Waals surface area contributed by atoms with Crippen LogP contribution < -0.4 is 5.73 Å². The van der Waals surface area contributed by atoms with E-state index in [1.807, 2.05) is 13.0 Å². The van der Waals surface area contributed by atoms with Crippen LogP contribution in [0.2, 0.25) is 0 Å². The van der Waals surface area contributed by atoms with Gasteiger partial charge in [-0.05, 0) is 51.3 Å². The van der Waals surface area contributed by atoms with Crippen molar-refractivity contribution in [3.63, 3.8) is 0 Å². The Morgan fingerprint density at radius 3 is 2.78 bits per heavy atom. The quantitative estimate of drug-likeness (QED) is 0.873. The average molecular weight is 250 g/mol. The van der Waals surface area contributed by atoms with Crippen molar-refractivity contribution in [2.24, 2.45) is 11.7 Å². The topological polar surface area (TPSA) is 42.4 Å². The molecule has 0 spiro atoms. The van der Waals surface area contributed by atoms with Gasteiger partial charge in [-0.1, -0.05) is 13.3 Å². The molecule has 1 aliphatic carbocycles. The van der Waals surface area contributed by atoms with Gasteiger partial charge >= 0.3 is 0 Å². The van der Waals surface area contributed by atoms with E-state index >= 15 is 0 Å². The second-order valence-electron chi connectivity index (χ2n) is 5.81. The SMILES string of the molecule is CCC1CCC(CN)(N(C)Cc2ccc(C)o2)C1. The Bertz CT molecular complexity index is 388. The molecule has 2 atom stereocenters. The first-order valence-electron chi connectivity index (χ1n) is 7.06. The Hall–Kier alpha value is -0.800. The fraction of sp³-hybridized carbons (Fsp3) is 0.733. The summed E-state index contributed by atoms with van der Waals surface area (Å²) in [7, 11) is 2.18. The summed E-state index contributed by atoms with van der Waals surface area (Å²) in [6, 6.07) is 4.10. The monoisotopic (exact) mass is 250 g/mol. The minimum absolute atomic E-state index is 0.182. The number of hydrogen-bond donors (Lipinski definition) is 1. The lowest BCUT2D eigenvalue weighted by atomic mass is 9.93. The summed E-state index contributed by atoms with van der Waals surface area (Å²) < 4.78 is 5.67. The summed E-state index contributed by atoms with van der Waals surface area (Å²) in [6.07, 6.45) is 5.04. The highest BCUT2D eigenvalue weighted by molar-refractivity contribution is 5.07. The van der Waals surface area contributed by atoms with Crippen molar-refractivity contribution in [3.8, 4) is 0 Å². The van der Waals surface area contributed by atoms with Gasteiger partial charge in [0, 0.05) is 12.1 Å². The molecule has 1 heterocycles. The van der Waals surface area contributed by atoms with Crippen molar-refractivity contribution >= 4 is 0 Å². The Morgan fingerprint density at radius 1 is 1.50 bits per heavy atom. The molecular formula is C15H26N2O. The van der Waals surface area contributed by atoms with E-state index in [2.05, 4.69) is 24.9 Å². The first-order chi connectivity index (χ1) is 8.59. The Balaban J connectivity index is 2.04. The molecule has 0 radical (unpaired) electrons. The third-order valence-electron chi connectivity index (χ3n) is 4.64. The smallest absolute Gasteiger partial charge is 0.118 e. The number of furan rings is 1. The molecule has 1 saturated carbocycles. The van der Waals surface area contributed by atoms with Gasteiger partial charge < -0.3 is 10.2 Å². The molecule has 1 aromatic heterocycles. The molecule has 2 rings (SSSR count). The maximum atomic E-state index is 6.07. The Morgan fingerprint density at radius 2 is 2.28 bits per heavy atom. The normalized spacial score (nSPS) is 28.2. The fourth-order valence-electron chi connectivity index (χ4n) is 3.22. The van der Waals surface area contributed by atoms with E-state index in [0.29, 0.717) is 0 Å². The molecule has 0 amide bonds. The van der Waals surface area contributed by atoms with Crippen molar-refractivity contribution < 1.29 is 4.42 Å². The molecule has 0 aliphatic heterocycles. The van der Waals surface area contributed by atoms with Crippen LogP contribution in [0, 0.1) is 12.8 Å². The number of likely N-dealkylation sites (N-methyl/N-ethyl adjacent to an activating group) is 1. The molecule has 0 aromatic carbocycles.